The zero-order valence-corrected chi connectivity index (χ0v) is 17.1. The van der Waals surface area contributed by atoms with Gasteiger partial charge in [-0.05, 0) is 80.4 Å². The molecule has 1 aromatic heterocycles. The first-order chi connectivity index (χ1) is 12.8. The van der Waals surface area contributed by atoms with Gasteiger partial charge in [-0.15, -0.1) is 0 Å². The fraction of sp³-hybridized carbons (Fsp3) is 0.333. The molecule has 2 aromatic rings. The lowest BCUT2D eigenvalue weighted by Crippen LogP contribution is -2.31. The molecule has 1 aliphatic heterocycles. The summed E-state index contributed by atoms with van der Waals surface area (Å²) < 4.78 is 7.15. The highest BCUT2D eigenvalue weighted by molar-refractivity contribution is 8.18. The van der Waals surface area contributed by atoms with E-state index < -0.39 is 0 Å². The highest BCUT2D eigenvalue weighted by Gasteiger charge is 2.34. The lowest BCUT2D eigenvalue weighted by Gasteiger charge is -2.12. The smallest absolute Gasteiger partial charge is 0.293 e. The van der Waals surface area contributed by atoms with Gasteiger partial charge in [0.05, 0.1) is 18.1 Å². The van der Waals surface area contributed by atoms with E-state index >= 15 is 0 Å². The van der Waals surface area contributed by atoms with Crippen LogP contribution in [0.2, 0.25) is 0 Å². The van der Waals surface area contributed by atoms with Gasteiger partial charge in [-0.3, -0.25) is 14.5 Å². The summed E-state index contributed by atoms with van der Waals surface area (Å²) in [5.41, 5.74) is 6.66. The van der Waals surface area contributed by atoms with Crippen LogP contribution >= 0.6 is 11.8 Å². The third kappa shape index (κ3) is 3.73. The number of aromatic nitrogens is 1. The number of ether oxygens (including phenoxy) is 1. The van der Waals surface area contributed by atoms with Crippen LogP contribution in [0.4, 0.5) is 4.79 Å². The number of thioether (sulfide) groups is 1. The first-order valence-corrected chi connectivity index (χ1v) is 9.66. The maximum atomic E-state index is 12.5. The van der Waals surface area contributed by atoms with Gasteiger partial charge in [0.25, 0.3) is 11.1 Å². The van der Waals surface area contributed by atoms with E-state index in [1.54, 1.807) is 7.11 Å². The summed E-state index contributed by atoms with van der Waals surface area (Å²) in [7, 11) is 1.55. The van der Waals surface area contributed by atoms with E-state index in [-0.39, 0.29) is 17.7 Å². The van der Waals surface area contributed by atoms with E-state index in [2.05, 4.69) is 36.6 Å². The number of benzene rings is 1. The Balaban J connectivity index is 1.95. The monoisotopic (exact) mass is 384 g/mol. The Morgan fingerprint density at radius 2 is 1.81 bits per heavy atom. The number of nitrogens with zero attached hydrogens (tertiary/aromatic N) is 2. The molecule has 6 heteroatoms. The van der Waals surface area contributed by atoms with Crippen molar-refractivity contribution >= 4 is 29.0 Å². The van der Waals surface area contributed by atoms with E-state index in [1.165, 1.54) is 16.0 Å². The molecule has 27 heavy (non-hydrogen) atoms. The number of aryl methyl sites for hydroxylation is 3. The van der Waals surface area contributed by atoms with Gasteiger partial charge in [-0.2, -0.15) is 0 Å². The Labute approximate surface area is 164 Å². The Hall–Kier alpha value is -2.31. The van der Waals surface area contributed by atoms with E-state index in [9.17, 15) is 9.59 Å². The quantitative estimate of drug-likeness (QED) is 0.717. The summed E-state index contributed by atoms with van der Waals surface area (Å²) in [4.78, 5) is 26.3. The van der Waals surface area contributed by atoms with Crippen LogP contribution in [-0.2, 0) is 9.53 Å². The number of amides is 2. The summed E-state index contributed by atoms with van der Waals surface area (Å²) in [6.07, 6.45) is 1.82. The van der Waals surface area contributed by atoms with Crippen LogP contribution in [0, 0.1) is 27.7 Å². The van der Waals surface area contributed by atoms with Crippen LogP contribution in [-0.4, -0.2) is 40.9 Å². The van der Waals surface area contributed by atoms with Gasteiger partial charge in [0, 0.05) is 24.2 Å². The Morgan fingerprint density at radius 1 is 1.07 bits per heavy atom. The van der Waals surface area contributed by atoms with Crippen molar-refractivity contribution in [2.75, 3.05) is 20.3 Å². The number of rotatable bonds is 5. The first-order valence-electron chi connectivity index (χ1n) is 8.84. The third-order valence-corrected chi connectivity index (χ3v) is 5.81. The van der Waals surface area contributed by atoms with Crippen LogP contribution in [0.3, 0.4) is 0 Å². The summed E-state index contributed by atoms with van der Waals surface area (Å²) in [5, 5.41) is -0.244. The lowest BCUT2D eigenvalue weighted by molar-refractivity contribution is -0.123. The molecule has 1 fully saturated rings. The molecule has 0 spiro atoms. The molecule has 2 heterocycles. The molecule has 0 unspecified atom stereocenters. The van der Waals surface area contributed by atoms with Crippen LogP contribution in [0.15, 0.2) is 29.2 Å². The van der Waals surface area contributed by atoms with Crippen molar-refractivity contribution in [1.82, 2.24) is 9.47 Å². The molecular formula is C21H24N2O3S. The van der Waals surface area contributed by atoms with Crippen molar-refractivity contribution < 1.29 is 14.3 Å². The fourth-order valence-electron chi connectivity index (χ4n) is 3.21. The highest BCUT2D eigenvalue weighted by atomic mass is 32.2. The number of methoxy groups -OCH3 is 1. The molecule has 1 aliphatic rings. The SMILES string of the molecule is COCCN1C(=O)S/C(=C/c2cc(C)n(-c3ccc(C)c(C)c3)c2C)C1=O. The van der Waals surface area contributed by atoms with Crippen LogP contribution < -0.4 is 0 Å². The summed E-state index contributed by atoms with van der Waals surface area (Å²) in [6.45, 7) is 8.89. The lowest BCUT2D eigenvalue weighted by atomic mass is 10.1. The predicted octanol–water partition coefficient (Wildman–Crippen LogP) is 4.39. The minimum Gasteiger partial charge on any atom is -0.383 e. The molecule has 3 rings (SSSR count). The first kappa shape index (κ1) is 19.5. The van der Waals surface area contributed by atoms with E-state index in [0.717, 1.165) is 34.4 Å². The van der Waals surface area contributed by atoms with Crippen molar-refractivity contribution in [1.29, 1.82) is 0 Å². The summed E-state index contributed by atoms with van der Waals surface area (Å²) in [6, 6.07) is 8.43. The molecule has 0 atom stereocenters. The van der Waals surface area contributed by atoms with E-state index in [0.29, 0.717) is 11.5 Å². The van der Waals surface area contributed by atoms with Gasteiger partial charge in [0.2, 0.25) is 0 Å². The minimum atomic E-state index is -0.252. The molecular weight excluding hydrogens is 360 g/mol. The van der Waals surface area contributed by atoms with E-state index in [1.807, 2.05) is 26.0 Å². The molecule has 142 valence electrons. The molecule has 5 nitrogen and oxygen atoms in total. The van der Waals surface area contributed by atoms with Crippen LogP contribution in [0.5, 0.6) is 0 Å². The molecule has 0 radical (unpaired) electrons. The van der Waals surface area contributed by atoms with Gasteiger partial charge < -0.3 is 9.30 Å². The average molecular weight is 385 g/mol. The van der Waals surface area contributed by atoms with Crippen molar-refractivity contribution in [2.45, 2.75) is 27.7 Å². The topological polar surface area (TPSA) is 51.5 Å². The van der Waals surface area contributed by atoms with Gasteiger partial charge in [-0.25, -0.2) is 0 Å². The zero-order chi connectivity index (χ0) is 19.7. The second-order valence-corrected chi connectivity index (χ2v) is 7.75. The number of carbonyl (C=O) groups is 2. The molecule has 0 N–H and O–H groups in total. The molecule has 1 aromatic carbocycles. The van der Waals surface area contributed by atoms with Crippen molar-refractivity contribution in [3.63, 3.8) is 0 Å². The molecule has 0 saturated carbocycles. The average Bonchev–Trinajstić information content (AvgIpc) is 3.05. The van der Waals surface area contributed by atoms with Gasteiger partial charge in [-0.1, -0.05) is 6.07 Å². The molecule has 2 amide bonds. The molecule has 1 saturated heterocycles. The van der Waals surface area contributed by atoms with Gasteiger partial charge in [0.1, 0.15) is 0 Å². The minimum absolute atomic E-state index is 0.244. The maximum Gasteiger partial charge on any atom is 0.293 e. The number of imide groups is 1. The second-order valence-electron chi connectivity index (χ2n) is 6.76. The molecule has 0 aliphatic carbocycles. The summed E-state index contributed by atoms with van der Waals surface area (Å²) in [5.74, 6) is -0.252. The van der Waals surface area contributed by atoms with Crippen molar-refractivity contribution in [2.24, 2.45) is 0 Å². The second kappa shape index (κ2) is 7.74. The van der Waals surface area contributed by atoms with Crippen molar-refractivity contribution in [3.8, 4) is 5.69 Å². The number of carbonyl (C=O) groups excluding carboxylic acids is 2. The summed E-state index contributed by atoms with van der Waals surface area (Å²) >= 11 is 0.985. The van der Waals surface area contributed by atoms with Crippen LogP contribution in [0.25, 0.3) is 11.8 Å². The number of hydrogen-bond acceptors (Lipinski definition) is 4. The maximum absolute atomic E-state index is 12.5. The normalized spacial score (nSPS) is 16.0. The zero-order valence-electron chi connectivity index (χ0n) is 16.3. The van der Waals surface area contributed by atoms with Crippen molar-refractivity contribution in [3.05, 3.63) is 57.2 Å². The fourth-order valence-corrected chi connectivity index (χ4v) is 4.07. The largest absolute Gasteiger partial charge is 0.383 e. The highest BCUT2D eigenvalue weighted by Crippen LogP contribution is 2.33. The Kier molecular flexibility index (Phi) is 5.58. The standard InChI is InChI=1S/C21H24N2O3S/c1-13-6-7-18(10-14(13)2)23-15(3)11-17(16(23)4)12-19-20(24)22(8-9-26-5)21(25)27-19/h6-7,10-12H,8-9H2,1-5H3/b19-12+. The Morgan fingerprint density at radius 3 is 2.48 bits per heavy atom. The number of hydrogen-bond donors (Lipinski definition) is 0. The van der Waals surface area contributed by atoms with Gasteiger partial charge >= 0.3 is 0 Å². The molecule has 0 bridgehead atoms. The van der Waals surface area contributed by atoms with Gasteiger partial charge in [0.15, 0.2) is 0 Å². The third-order valence-electron chi connectivity index (χ3n) is 4.90. The predicted molar refractivity (Wildman–Crippen MR) is 109 cm³/mol. The van der Waals surface area contributed by atoms with E-state index in [4.69, 9.17) is 4.74 Å². The van der Waals surface area contributed by atoms with Crippen LogP contribution in [0.1, 0.15) is 28.1 Å². The Bertz CT molecular complexity index is 943.